The molecule has 1 heterocycles. The van der Waals surface area contributed by atoms with E-state index in [4.69, 9.17) is 9.84 Å². The zero-order chi connectivity index (χ0) is 10.9. The second kappa shape index (κ2) is 4.22. The molecule has 0 bridgehead atoms. The molecule has 0 aromatic rings. The Morgan fingerprint density at radius 1 is 1.21 bits per heavy atom. The standard InChI is InChI=1S/C8H14O6/c1-3-6(11)8(13)7(12)4(14-3)2-5(9)10/h3-4,6-8,11-13H,2H2,1H3,(H,9,10)/t3-,4?,6?,7-,8+/m0/s1. The predicted molar refractivity (Wildman–Crippen MR) is 44.6 cm³/mol. The Labute approximate surface area is 80.7 Å². The van der Waals surface area contributed by atoms with Crippen LogP contribution < -0.4 is 0 Å². The minimum absolute atomic E-state index is 0.394. The van der Waals surface area contributed by atoms with Gasteiger partial charge in [-0.3, -0.25) is 4.79 Å². The van der Waals surface area contributed by atoms with Gasteiger partial charge in [-0.15, -0.1) is 0 Å². The lowest BCUT2D eigenvalue weighted by Gasteiger charge is -2.38. The quantitative estimate of drug-likeness (QED) is 0.430. The maximum atomic E-state index is 10.4. The highest BCUT2D eigenvalue weighted by atomic mass is 16.5. The lowest BCUT2D eigenvalue weighted by atomic mass is 9.94. The molecule has 0 aromatic carbocycles. The Balaban J connectivity index is 2.65. The Kier molecular flexibility index (Phi) is 3.43. The number of hydrogen-bond donors (Lipinski definition) is 4. The molecule has 0 aromatic heterocycles. The van der Waals surface area contributed by atoms with Crippen LogP contribution in [0.4, 0.5) is 0 Å². The van der Waals surface area contributed by atoms with E-state index in [-0.39, 0.29) is 0 Å². The zero-order valence-electron chi connectivity index (χ0n) is 7.70. The van der Waals surface area contributed by atoms with E-state index in [1.807, 2.05) is 0 Å². The Hall–Kier alpha value is -0.690. The van der Waals surface area contributed by atoms with Crippen LogP contribution >= 0.6 is 0 Å². The number of aliphatic carboxylic acids is 1. The molecule has 1 saturated heterocycles. The third-order valence-electron chi connectivity index (χ3n) is 2.33. The van der Waals surface area contributed by atoms with Gasteiger partial charge in [0.1, 0.15) is 18.3 Å². The summed E-state index contributed by atoms with van der Waals surface area (Å²) in [4.78, 5) is 10.4. The normalized spacial score (nSPS) is 43.6. The average molecular weight is 206 g/mol. The van der Waals surface area contributed by atoms with Gasteiger partial charge in [-0.1, -0.05) is 0 Å². The van der Waals surface area contributed by atoms with Gasteiger partial charge in [0.2, 0.25) is 0 Å². The van der Waals surface area contributed by atoms with E-state index in [9.17, 15) is 20.1 Å². The van der Waals surface area contributed by atoms with Crippen molar-refractivity contribution < 1.29 is 30.0 Å². The highest BCUT2D eigenvalue weighted by Crippen LogP contribution is 2.22. The maximum Gasteiger partial charge on any atom is 0.306 e. The van der Waals surface area contributed by atoms with Crippen molar-refractivity contribution in [1.29, 1.82) is 0 Å². The molecule has 14 heavy (non-hydrogen) atoms. The number of hydrogen-bond acceptors (Lipinski definition) is 5. The molecule has 1 fully saturated rings. The van der Waals surface area contributed by atoms with E-state index in [0.29, 0.717) is 0 Å². The molecular formula is C8H14O6. The van der Waals surface area contributed by atoms with Crippen LogP contribution in [-0.4, -0.2) is 56.9 Å². The van der Waals surface area contributed by atoms with Crippen molar-refractivity contribution in [3.8, 4) is 0 Å². The molecule has 0 radical (unpaired) electrons. The van der Waals surface area contributed by atoms with Gasteiger partial charge in [0.15, 0.2) is 0 Å². The maximum absolute atomic E-state index is 10.4. The molecule has 0 amide bonds. The zero-order valence-corrected chi connectivity index (χ0v) is 7.70. The van der Waals surface area contributed by atoms with Crippen molar-refractivity contribution in [2.75, 3.05) is 0 Å². The first-order chi connectivity index (χ1) is 6.43. The van der Waals surface area contributed by atoms with Gasteiger partial charge >= 0.3 is 5.97 Å². The summed E-state index contributed by atoms with van der Waals surface area (Å²) in [5.41, 5.74) is 0. The van der Waals surface area contributed by atoms with E-state index < -0.39 is 42.9 Å². The summed E-state index contributed by atoms with van der Waals surface area (Å²) in [5.74, 6) is -1.12. The van der Waals surface area contributed by atoms with Gasteiger partial charge in [-0.2, -0.15) is 0 Å². The number of carboxylic acid groups (broad SMARTS) is 1. The fourth-order valence-electron chi connectivity index (χ4n) is 1.48. The van der Waals surface area contributed by atoms with Crippen LogP contribution in [0.1, 0.15) is 13.3 Å². The van der Waals surface area contributed by atoms with Crippen molar-refractivity contribution in [1.82, 2.24) is 0 Å². The smallest absolute Gasteiger partial charge is 0.306 e. The third-order valence-corrected chi connectivity index (χ3v) is 2.33. The Morgan fingerprint density at radius 2 is 1.79 bits per heavy atom. The van der Waals surface area contributed by atoms with Gasteiger partial charge < -0.3 is 25.2 Å². The molecule has 0 spiro atoms. The van der Waals surface area contributed by atoms with Crippen molar-refractivity contribution in [2.24, 2.45) is 0 Å². The molecule has 1 rings (SSSR count). The van der Waals surface area contributed by atoms with Gasteiger partial charge in [-0.25, -0.2) is 0 Å². The molecule has 1 aliphatic rings. The summed E-state index contributed by atoms with van der Waals surface area (Å²) in [6.45, 7) is 1.51. The third kappa shape index (κ3) is 2.21. The van der Waals surface area contributed by atoms with Crippen LogP contribution in [0.3, 0.4) is 0 Å². The molecule has 1 aliphatic heterocycles. The molecule has 6 nitrogen and oxygen atoms in total. The van der Waals surface area contributed by atoms with Gasteiger partial charge in [0.05, 0.1) is 18.6 Å². The average Bonchev–Trinajstić information content (AvgIpc) is 2.10. The monoisotopic (exact) mass is 206 g/mol. The first-order valence-electron chi connectivity index (χ1n) is 4.35. The molecule has 4 N–H and O–H groups in total. The summed E-state index contributed by atoms with van der Waals surface area (Å²) in [6.07, 6.45) is -5.95. The first-order valence-corrected chi connectivity index (χ1v) is 4.35. The Morgan fingerprint density at radius 3 is 2.29 bits per heavy atom. The molecule has 0 saturated carbocycles. The second-order valence-electron chi connectivity index (χ2n) is 3.45. The van der Waals surface area contributed by atoms with E-state index in [1.54, 1.807) is 0 Å². The van der Waals surface area contributed by atoms with E-state index in [1.165, 1.54) is 6.92 Å². The fraction of sp³-hybridized carbons (Fsp3) is 0.875. The molecule has 82 valence electrons. The summed E-state index contributed by atoms with van der Waals surface area (Å²) in [7, 11) is 0. The number of aliphatic hydroxyl groups is 3. The van der Waals surface area contributed by atoms with Crippen molar-refractivity contribution in [3.05, 3.63) is 0 Å². The summed E-state index contributed by atoms with van der Waals surface area (Å²) in [6, 6.07) is 0. The molecule has 5 atom stereocenters. The number of rotatable bonds is 2. The van der Waals surface area contributed by atoms with Crippen LogP contribution in [0, 0.1) is 0 Å². The topological polar surface area (TPSA) is 107 Å². The van der Waals surface area contributed by atoms with E-state index in [2.05, 4.69) is 0 Å². The minimum Gasteiger partial charge on any atom is -0.481 e. The van der Waals surface area contributed by atoms with E-state index in [0.717, 1.165) is 0 Å². The highest BCUT2D eigenvalue weighted by molar-refractivity contribution is 5.67. The number of ether oxygens (including phenoxy) is 1. The van der Waals surface area contributed by atoms with Crippen LogP contribution in [0.5, 0.6) is 0 Å². The van der Waals surface area contributed by atoms with Gasteiger partial charge in [0, 0.05) is 0 Å². The molecule has 0 aliphatic carbocycles. The summed E-state index contributed by atoms with van der Waals surface area (Å²) >= 11 is 0. The molecular weight excluding hydrogens is 192 g/mol. The second-order valence-corrected chi connectivity index (χ2v) is 3.45. The van der Waals surface area contributed by atoms with Crippen LogP contribution in [-0.2, 0) is 9.53 Å². The fourth-order valence-corrected chi connectivity index (χ4v) is 1.48. The van der Waals surface area contributed by atoms with Crippen LogP contribution in [0.15, 0.2) is 0 Å². The molecule has 6 heteroatoms. The van der Waals surface area contributed by atoms with E-state index >= 15 is 0 Å². The van der Waals surface area contributed by atoms with Gasteiger partial charge in [-0.05, 0) is 6.92 Å². The van der Waals surface area contributed by atoms with Crippen LogP contribution in [0.2, 0.25) is 0 Å². The van der Waals surface area contributed by atoms with Crippen molar-refractivity contribution in [2.45, 2.75) is 43.9 Å². The lowest BCUT2D eigenvalue weighted by Crippen LogP contribution is -2.56. The SMILES string of the molecule is C[C@@H]1OC(CC(=O)O)[C@H](O)[C@H](O)C1O. The highest BCUT2D eigenvalue weighted by Gasteiger charge is 2.42. The first kappa shape index (κ1) is 11.4. The lowest BCUT2D eigenvalue weighted by molar-refractivity contribution is -0.219. The molecule has 2 unspecified atom stereocenters. The van der Waals surface area contributed by atoms with Crippen molar-refractivity contribution >= 4 is 5.97 Å². The predicted octanol–water partition coefficient (Wildman–Crippen LogP) is -1.67. The Bertz CT molecular complexity index is 218. The number of carboxylic acids is 1. The number of carbonyl (C=O) groups is 1. The largest absolute Gasteiger partial charge is 0.481 e. The minimum atomic E-state index is -1.36. The summed E-state index contributed by atoms with van der Waals surface area (Å²) < 4.78 is 5.05. The summed E-state index contributed by atoms with van der Waals surface area (Å²) in [5, 5.41) is 36.5. The number of aliphatic hydroxyl groups excluding tert-OH is 3. The van der Waals surface area contributed by atoms with Gasteiger partial charge in [0.25, 0.3) is 0 Å². The van der Waals surface area contributed by atoms with Crippen LogP contribution in [0.25, 0.3) is 0 Å². The van der Waals surface area contributed by atoms with Crippen molar-refractivity contribution in [3.63, 3.8) is 0 Å².